The minimum atomic E-state index is -0.377. The van der Waals surface area contributed by atoms with Crippen molar-refractivity contribution in [3.63, 3.8) is 0 Å². The van der Waals surface area contributed by atoms with Crippen LogP contribution >= 0.6 is 0 Å². The molecule has 2 aromatic heterocycles. The van der Waals surface area contributed by atoms with Crippen LogP contribution in [0.15, 0.2) is 4.42 Å². The van der Waals surface area contributed by atoms with Crippen LogP contribution in [-0.2, 0) is 11.3 Å². The van der Waals surface area contributed by atoms with Crippen LogP contribution in [0.3, 0.4) is 0 Å². The zero-order valence-corrected chi connectivity index (χ0v) is 12.4. The van der Waals surface area contributed by atoms with Crippen molar-refractivity contribution >= 4 is 5.97 Å². The molecule has 1 aliphatic carbocycles. The van der Waals surface area contributed by atoms with Crippen LogP contribution in [0.1, 0.15) is 59.2 Å². The van der Waals surface area contributed by atoms with Crippen LogP contribution in [0.25, 0.3) is 0 Å². The third-order valence-electron chi connectivity index (χ3n) is 3.52. The molecule has 0 saturated heterocycles. The second kappa shape index (κ2) is 5.31. The molecule has 0 spiro atoms. The van der Waals surface area contributed by atoms with Gasteiger partial charge in [-0.1, -0.05) is 0 Å². The van der Waals surface area contributed by atoms with E-state index in [0.717, 1.165) is 24.1 Å². The number of aromatic nitrogens is 4. The lowest BCUT2D eigenvalue weighted by atomic mass is 10.1. The lowest BCUT2D eigenvalue weighted by Gasteiger charge is -2.04. The Labute approximate surface area is 122 Å². The van der Waals surface area contributed by atoms with Gasteiger partial charge in [-0.25, -0.2) is 4.79 Å². The topological polar surface area (TPSA) is 83.0 Å². The summed E-state index contributed by atoms with van der Waals surface area (Å²) in [7, 11) is 0. The van der Waals surface area contributed by atoms with Crippen LogP contribution in [-0.4, -0.2) is 32.6 Å². The molecule has 1 aliphatic rings. The minimum Gasteiger partial charge on any atom is -0.461 e. The quantitative estimate of drug-likeness (QED) is 0.783. The number of rotatable bonds is 5. The zero-order valence-electron chi connectivity index (χ0n) is 12.4. The molecule has 21 heavy (non-hydrogen) atoms. The summed E-state index contributed by atoms with van der Waals surface area (Å²) in [6.45, 7) is 6.17. The van der Waals surface area contributed by atoms with Gasteiger partial charge in [-0.15, -0.1) is 10.2 Å². The van der Waals surface area contributed by atoms with Gasteiger partial charge in [0.1, 0.15) is 6.54 Å². The van der Waals surface area contributed by atoms with Crippen molar-refractivity contribution in [3.05, 3.63) is 28.7 Å². The SMILES string of the molecule is CCOC(=O)c1nn(Cc2nnc(C)o2)c(C2CC2)c1C. The Hall–Kier alpha value is -2.18. The zero-order chi connectivity index (χ0) is 15.0. The van der Waals surface area contributed by atoms with Crippen molar-refractivity contribution in [1.82, 2.24) is 20.0 Å². The largest absolute Gasteiger partial charge is 0.461 e. The number of ether oxygens (including phenoxy) is 1. The van der Waals surface area contributed by atoms with Crippen LogP contribution < -0.4 is 0 Å². The van der Waals surface area contributed by atoms with Gasteiger partial charge < -0.3 is 9.15 Å². The van der Waals surface area contributed by atoms with E-state index in [0.29, 0.717) is 36.5 Å². The van der Waals surface area contributed by atoms with Crippen molar-refractivity contribution in [3.8, 4) is 0 Å². The monoisotopic (exact) mass is 290 g/mol. The first-order valence-corrected chi connectivity index (χ1v) is 7.13. The van der Waals surface area contributed by atoms with E-state index in [1.54, 1.807) is 18.5 Å². The molecule has 112 valence electrons. The van der Waals surface area contributed by atoms with Crippen molar-refractivity contribution in [2.24, 2.45) is 0 Å². The summed E-state index contributed by atoms with van der Waals surface area (Å²) in [5, 5.41) is 12.2. The molecule has 0 N–H and O–H groups in total. The molecule has 0 atom stereocenters. The van der Waals surface area contributed by atoms with Crippen LogP contribution in [0.5, 0.6) is 0 Å². The molecule has 0 aromatic carbocycles. The van der Waals surface area contributed by atoms with Crippen molar-refractivity contribution < 1.29 is 13.9 Å². The molecule has 3 rings (SSSR count). The van der Waals surface area contributed by atoms with E-state index in [-0.39, 0.29) is 5.97 Å². The number of carbonyl (C=O) groups is 1. The molecule has 7 heteroatoms. The number of hydrogen-bond donors (Lipinski definition) is 0. The second-order valence-corrected chi connectivity index (χ2v) is 5.23. The number of carbonyl (C=O) groups excluding carboxylic acids is 1. The Morgan fingerprint density at radius 3 is 2.71 bits per heavy atom. The van der Waals surface area contributed by atoms with E-state index in [4.69, 9.17) is 9.15 Å². The standard InChI is InChI=1S/C14H18N4O3/c1-4-20-14(19)12-8(2)13(10-5-6-10)18(17-12)7-11-16-15-9(3)21-11/h10H,4-7H2,1-3H3. The molecule has 7 nitrogen and oxygen atoms in total. The molecule has 2 aromatic rings. The third-order valence-corrected chi connectivity index (χ3v) is 3.52. The first-order valence-electron chi connectivity index (χ1n) is 7.13. The Balaban J connectivity index is 1.94. The van der Waals surface area contributed by atoms with E-state index in [9.17, 15) is 4.79 Å². The highest BCUT2D eigenvalue weighted by atomic mass is 16.5. The van der Waals surface area contributed by atoms with Gasteiger partial charge in [0, 0.05) is 24.1 Å². The highest BCUT2D eigenvalue weighted by molar-refractivity contribution is 5.89. The molecule has 0 amide bonds. The van der Waals surface area contributed by atoms with Crippen molar-refractivity contribution in [2.75, 3.05) is 6.61 Å². The smallest absolute Gasteiger partial charge is 0.359 e. The van der Waals surface area contributed by atoms with Crippen LogP contribution in [0, 0.1) is 13.8 Å². The molecule has 2 heterocycles. The number of nitrogens with zero attached hydrogens (tertiary/aromatic N) is 4. The molecule has 1 fully saturated rings. The van der Waals surface area contributed by atoms with Gasteiger partial charge >= 0.3 is 5.97 Å². The summed E-state index contributed by atoms with van der Waals surface area (Å²) in [5.74, 6) is 1.10. The maximum Gasteiger partial charge on any atom is 0.359 e. The van der Waals surface area contributed by atoms with E-state index in [2.05, 4.69) is 15.3 Å². The predicted octanol–water partition coefficient (Wildman–Crippen LogP) is 1.99. The Morgan fingerprint density at radius 1 is 1.38 bits per heavy atom. The summed E-state index contributed by atoms with van der Waals surface area (Å²) in [6, 6.07) is 0. The normalized spacial score (nSPS) is 14.4. The highest BCUT2D eigenvalue weighted by Crippen LogP contribution is 2.42. The fraction of sp³-hybridized carbons (Fsp3) is 0.571. The summed E-state index contributed by atoms with van der Waals surface area (Å²) >= 11 is 0. The van der Waals surface area contributed by atoms with E-state index in [1.807, 2.05) is 6.92 Å². The lowest BCUT2D eigenvalue weighted by Crippen LogP contribution is -2.09. The fourth-order valence-electron chi connectivity index (χ4n) is 2.48. The Bertz CT molecular complexity index is 670. The molecule has 0 radical (unpaired) electrons. The third kappa shape index (κ3) is 2.68. The highest BCUT2D eigenvalue weighted by Gasteiger charge is 2.33. The lowest BCUT2D eigenvalue weighted by molar-refractivity contribution is 0.0517. The molecule has 0 aliphatic heterocycles. The van der Waals surface area contributed by atoms with Crippen molar-refractivity contribution in [1.29, 1.82) is 0 Å². The first-order chi connectivity index (χ1) is 10.1. The first kappa shape index (κ1) is 13.8. The van der Waals surface area contributed by atoms with E-state index >= 15 is 0 Å². The van der Waals surface area contributed by atoms with Crippen molar-refractivity contribution in [2.45, 2.75) is 46.1 Å². The molecular weight excluding hydrogens is 272 g/mol. The van der Waals surface area contributed by atoms with Crippen LogP contribution in [0.2, 0.25) is 0 Å². The fourth-order valence-corrected chi connectivity index (χ4v) is 2.48. The number of esters is 1. The van der Waals surface area contributed by atoms with Crippen LogP contribution in [0.4, 0.5) is 0 Å². The van der Waals surface area contributed by atoms with Gasteiger partial charge in [-0.3, -0.25) is 4.68 Å². The van der Waals surface area contributed by atoms with Gasteiger partial charge in [0.15, 0.2) is 5.69 Å². The predicted molar refractivity (Wildman–Crippen MR) is 73.0 cm³/mol. The molecule has 1 saturated carbocycles. The average Bonchev–Trinajstić information content (AvgIpc) is 3.11. The summed E-state index contributed by atoms with van der Waals surface area (Å²) < 4.78 is 12.3. The minimum absolute atomic E-state index is 0.340. The van der Waals surface area contributed by atoms with Gasteiger partial charge in [0.2, 0.25) is 11.8 Å². The van der Waals surface area contributed by atoms with E-state index < -0.39 is 0 Å². The average molecular weight is 290 g/mol. The Morgan fingerprint density at radius 2 is 2.14 bits per heavy atom. The number of aryl methyl sites for hydroxylation is 1. The number of hydrogen-bond acceptors (Lipinski definition) is 6. The summed E-state index contributed by atoms with van der Waals surface area (Å²) in [4.78, 5) is 12.0. The molecule has 0 bridgehead atoms. The van der Waals surface area contributed by atoms with Gasteiger partial charge in [-0.05, 0) is 26.7 Å². The molecular formula is C14H18N4O3. The maximum atomic E-state index is 12.0. The second-order valence-electron chi connectivity index (χ2n) is 5.23. The molecule has 0 unspecified atom stereocenters. The van der Waals surface area contributed by atoms with Gasteiger partial charge in [-0.2, -0.15) is 5.10 Å². The van der Waals surface area contributed by atoms with Gasteiger partial charge in [0.05, 0.1) is 6.61 Å². The van der Waals surface area contributed by atoms with E-state index in [1.165, 1.54) is 0 Å². The van der Waals surface area contributed by atoms with Gasteiger partial charge in [0.25, 0.3) is 0 Å². The summed E-state index contributed by atoms with van der Waals surface area (Å²) in [6.07, 6.45) is 2.25. The maximum absolute atomic E-state index is 12.0. The Kier molecular flexibility index (Phi) is 3.48. The summed E-state index contributed by atoms with van der Waals surface area (Å²) in [5.41, 5.74) is 2.36.